The van der Waals surface area contributed by atoms with Gasteiger partial charge in [-0.15, -0.1) is 0 Å². The molecule has 242 valence electrons. The van der Waals surface area contributed by atoms with Crippen molar-refractivity contribution in [1.82, 2.24) is 4.90 Å². The molecule has 3 saturated heterocycles. The lowest BCUT2D eigenvalue weighted by atomic mass is 9.65. The summed E-state index contributed by atoms with van der Waals surface area (Å²) in [4.78, 5) is 45.0. The van der Waals surface area contributed by atoms with Crippen molar-refractivity contribution in [2.75, 3.05) is 23.8 Å². The van der Waals surface area contributed by atoms with E-state index in [0.29, 0.717) is 49.4 Å². The summed E-state index contributed by atoms with van der Waals surface area (Å²) in [5, 5.41) is 16.9. The van der Waals surface area contributed by atoms with Crippen molar-refractivity contribution in [2.24, 2.45) is 11.8 Å². The van der Waals surface area contributed by atoms with Crippen LogP contribution in [-0.4, -0.2) is 64.2 Å². The molecule has 6 rings (SSSR count). The molecule has 46 heavy (non-hydrogen) atoms. The highest BCUT2D eigenvalue weighted by atomic mass is 16.5. The Hall–Kier alpha value is -4.21. The fraction of sp³-hybridized carbons (Fsp3) is 0.432. The highest BCUT2D eigenvalue weighted by Gasteiger charge is 2.79. The lowest BCUT2D eigenvalue weighted by molar-refractivity contribution is -0.148. The second kappa shape index (κ2) is 12.5. The second-order valence-electron chi connectivity index (χ2n) is 12.9. The maximum atomic E-state index is 14.8. The van der Waals surface area contributed by atoms with Crippen molar-refractivity contribution >= 4 is 29.1 Å². The first-order valence-corrected chi connectivity index (χ1v) is 16.3. The summed E-state index contributed by atoms with van der Waals surface area (Å²) in [7, 11) is 0. The number of hydrogen-bond donors (Lipinski definition) is 3. The monoisotopic (exact) mass is 625 g/mol. The standard InChI is InChI=1S/C37H43N3O6/c1-5-36-18-19-37(46-36)31(30(36)33(42)38-26-14-16-28(17-15-26)45-6-2)35(44)40(27(22-41)21-25-10-8-7-9-11-25)32(37)34(43)39-29-20-23(3)12-13-24(29)4/h7-17,20,27,30-32,41H,5-6,18-19,21-22H2,1-4H3,(H,38,42)(H,39,43)/t27-,30+,31+,32?,36-,37?/m1/s1. The molecule has 6 atom stereocenters. The highest BCUT2D eigenvalue weighted by Crippen LogP contribution is 2.64. The molecule has 3 aliphatic heterocycles. The zero-order valence-electron chi connectivity index (χ0n) is 26.9. The molecule has 0 radical (unpaired) electrons. The largest absolute Gasteiger partial charge is 0.494 e. The van der Waals surface area contributed by atoms with E-state index in [2.05, 4.69) is 10.6 Å². The summed E-state index contributed by atoms with van der Waals surface area (Å²) in [5.41, 5.74) is 1.93. The first-order valence-electron chi connectivity index (χ1n) is 16.3. The number of carbonyl (C=O) groups excluding carboxylic acids is 3. The van der Waals surface area contributed by atoms with Gasteiger partial charge in [0, 0.05) is 11.4 Å². The molecule has 3 fully saturated rings. The first-order chi connectivity index (χ1) is 22.2. The number of carbonyl (C=O) groups is 3. The summed E-state index contributed by atoms with van der Waals surface area (Å²) < 4.78 is 12.5. The van der Waals surface area contributed by atoms with Crippen LogP contribution in [0.4, 0.5) is 11.4 Å². The summed E-state index contributed by atoms with van der Waals surface area (Å²) in [5.74, 6) is -2.04. The summed E-state index contributed by atoms with van der Waals surface area (Å²) in [6.45, 7) is 7.93. The molecule has 1 spiro atoms. The fourth-order valence-electron chi connectivity index (χ4n) is 7.98. The number of aryl methyl sites for hydroxylation is 2. The number of nitrogens with zero attached hydrogens (tertiary/aromatic N) is 1. The lowest BCUT2D eigenvalue weighted by Gasteiger charge is -2.37. The minimum atomic E-state index is -1.22. The molecule has 3 aromatic rings. The van der Waals surface area contributed by atoms with E-state index in [1.807, 2.05) is 76.2 Å². The molecule has 2 bridgehead atoms. The highest BCUT2D eigenvalue weighted by molar-refractivity contribution is 6.05. The van der Waals surface area contributed by atoms with Crippen LogP contribution in [0.1, 0.15) is 49.8 Å². The van der Waals surface area contributed by atoms with E-state index >= 15 is 0 Å². The topological polar surface area (TPSA) is 117 Å². The molecule has 9 heteroatoms. The van der Waals surface area contributed by atoms with Gasteiger partial charge >= 0.3 is 0 Å². The van der Waals surface area contributed by atoms with Crippen LogP contribution in [0.5, 0.6) is 5.75 Å². The fourth-order valence-corrected chi connectivity index (χ4v) is 7.98. The number of benzene rings is 3. The zero-order chi connectivity index (χ0) is 32.6. The van der Waals surface area contributed by atoms with Crippen LogP contribution in [0, 0.1) is 25.7 Å². The number of aliphatic hydroxyl groups excluding tert-OH is 1. The SMILES string of the molecule is CCOc1ccc(NC(=O)[C@@H]2[C@H]3C(=O)N([C@@H](CO)Cc4ccccc4)C(C(=O)Nc4cc(C)ccc4C)C34CC[C@@]2(CC)O4)cc1. The molecule has 0 saturated carbocycles. The second-order valence-corrected chi connectivity index (χ2v) is 12.9. The van der Waals surface area contributed by atoms with Crippen LogP contribution in [-0.2, 0) is 25.5 Å². The number of ether oxygens (including phenoxy) is 2. The third-order valence-corrected chi connectivity index (χ3v) is 10.2. The maximum Gasteiger partial charge on any atom is 0.250 e. The Bertz CT molecular complexity index is 1610. The van der Waals surface area contributed by atoms with Crippen LogP contribution in [0.2, 0.25) is 0 Å². The Labute approximate surface area is 270 Å². The summed E-state index contributed by atoms with van der Waals surface area (Å²) >= 11 is 0. The van der Waals surface area contributed by atoms with Gasteiger partial charge in [-0.2, -0.15) is 0 Å². The Morgan fingerprint density at radius 2 is 1.74 bits per heavy atom. The average Bonchev–Trinajstić information content (AvgIpc) is 3.66. The number of rotatable bonds is 11. The molecule has 0 aliphatic carbocycles. The summed E-state index contributed by atoms with van der Waals surface area (Å²) in [6, 6.07) is 20.8. The predicted molar refractivity (Wildman–Crippen MR) is 175 cm³/mol. The number of amides is 3. The molecule has 3 amide bonds. The predicted octanol–water partition coefficient (Wildman–Crippen LogP) is 5.04. The quantitative estimate of drug-likeness (QED) is 0.275. The number of nitrogens with one attached hydrogen (secondary N) is 2. The molecule has 3 aromatic carbocycles. The first kappa shape index (κ1) is 31.8. The third kappa shape index (κ3) is 5.35. The van der Waals surface area contributed by atoms with Crippen molar-refractivity contribution < 1.29 is 29.0 Å². The van der Waals surface area contributed by atoms with Crippen LogP contribution in [0.3, 0.4) is 0 Å². The van der Waals surface area contributed by atoms with Gasteiger partial charge in [-0.05, 0) is 93.5 Å². The van der Waals surface area contributed by atoms with Gasteiger partial charge in [0.1, 0.15) is 17.4 Å². The van der Waals surface area contributed by atoms with Crippen LogP contribution in [0.15, 0.2) is 72.8 Å². The Balaban J connectivity index is 1.39. The van der Waals surface area contributed by atoms with Crippen molar-refractivity contribution in [1.29, 1.82) is 0 Å². The van der Waals surface area contributed by atoms with Crippen LogP contribution >= 0.6 is 0 Å². The smallest absolute Gasteiger partial charge is 0.250 e. The van der Waals surface area contributed by atoms with Gasteiger partial charge in [-0.3, -0.25) is 14.4 Å². The molecule has 0 aromatic heterocycles. The van der Waals surface area contributed by atoms with E-state index in [1.165, 1.54) is 4.90 Å². The Kier molecular flexibility index (Phi) is 8.65. The summed E-state index contributed by atoms with van der Waals surface area (Å²) in [6.07, 6.45) is 1.85. The Morgan fingerprint density at radius 3 is 2.41 bits per heavy atom. The molecule has 3 aliphatic rings. The molecular formula is C37H43N3O6. The van der Waals surface area contributed by atoms with Crippen molar-refractivity contribution in [2.45, 2.75) is 76.7 Å². The maximum absolute atomic E-state index is 14.8. The zero-order valence-corrected chi connectivity index (χ0v) is 26.9. The molecule has 2 unspecified atom stereocenters. The van der Waals surface area contributed by atoms with Gasteiger partial charge < -0.3 is 30.1 Å². The van der Waals surface area contributed by atoms with Gasteiger partial charge in [0.15, 0.2) is 0 Å². The number of anilines is 2. The van der Waals surface area contributed by atoms with Gasteiger partial charge in [-0.25, -0.2) is 0 Å². The van der Waals surface area contributed by atoms with Crippen LogP contribution in [0.25, 0.3) is 0 Å². The number of fused-ring (bicyclic) bond motifs is 1. The van der Waals surface area contributed by atoms with E-state index in [-0.39, 0.29) is 24.3 Å². The van der Waals surface area contributed by atoms with Gasteiger partial charge in [0.2, 0.25) is 17.7 Å². The Morgan fingerprint density at radius 1 is 1.00 bits per heavy atom. The number of aliphatic hydroxyl groups is 1. The van der Waals surface area contributed by atoms with E-state index < -0.39 is 35.1 Å². The number of hydrogen-bond acceptors (Lipinski definition) is 6. The normalized spacial score (nSPS) is 26.9. The molecule has 3 heterocycles. The van der Waals surface area contributed by atoms with Crippen molar-refractivity contribution in [3.05, 3.63) is 89.5 Å². The molecule has 3 N–H and O–H groups in total. The van der Waals surface area contributed by atoms with Gasteiger partial charge in [-0.1, -0.05) is 49.4 Å². The van der Waals surface area contributed by atoms with Crippen LogP contribution < -0.4 is 15.4 Å². The minimum absolute atomic E-state index is 0.315. The van der Waals surface area contributed by atoms with Crippen molar-refractivity contribution in [3.8, 4) is 5.75 Å². The lowest BCUT2D eigenvalue weighted by Crippen LogP contribution is -2.57. The molecular weight excluding hydrogens is 582 g/mol. The van der Waals surface area contributed by atoms with E-state index in [0.717, 1.165) is 16.7 Å². The van der Waals surface area contributed by atoms with E-state index in [9.17, 15) is 19.5 Å². The van der Waals surface area contributed by atoms with E-state index in [1.54, 1.807) is 24.3 Å². The average molecular weight is 626 g/mol. The minimum Gasteiger partial charge on any atom is -0.494 e. The number of likely N-dealkylation sites (tertiary alicyclic amines) is 1. The van der Waals surface area contributed by atoms with Gasteiger partial charge in [0.05, 0.1) is 36.7 Å². The van der Waals surface area contributed by atoms with Gasteiger partial charge in [0.25, 0.3) is 0 Å². The van der Waals surface area contributed by atoms with Crippen molar-refractivity contribution in [3.63, 3.8) is 0 Å². The molecule has 9 nitrogen and oxygen atoms in total. The van der Waals surface area contributed by atoms with E-state index in [4.69, 9.17) is 9.47 Å². The third-order valence-electron chi connectivity index (χ3n) is 10.2.